The van der Waals surface area contributed by atoms with Crippen molar-refractivity contribution in [3.63, 3.8) is 0 Å². The molecule has 0 saturated carbocycles. The molecule has 0 fully saturated rings. The van der Waals surface area contributed by atoms with Gasteiger partial charge in [-0.05, 0) is 6.42 Å². The largest absolute Gasteiger partial charge is 0.356 e. The lowest BCUT2D eigenvalue weighted by molar-refractivity contribution is -0.376. The van der Waals surface area contributed by atoms with Crippen LogP contribution in [-0.2, 0) is 4.84 Å². The molecule has 3 N–H and O–H groups in total. The summed E-state index contributed by atoms with van der Waals surface area (Å²) in [6.45, 7) is 4.73. The fraction of sp³-hybridized carbons (Fsp3) is 1.00. The van der Waals surface area contributed by atoms with Gasteiger partial charge < -0.3 is 5.73 Å². The highest BCUT2D eigenvalue weighted by Crippen LogP contribution is 1.84. The third-order valence-electron chi connectivity index (χ3n) is 0.989. The van der Waals surface area contributed by atoms with Crippen LogP contribution < -0.4 is 5.73 Å². The van der Waals surface area contributed by atoms with Crippen molar-refractivity contribution in [2.75, 3.05) is 26.7 Å². The SMILES string of the molecule is CCCON(C)CC[NH3+]. The van der Waals surface area contributed by atoms with Gasteiger partial charge >= 0.3 is 0 Å². The Labute approximate surface area is 56.7 Å². The summed E-state index contributed by atoms with van der Waals surface area (Å²) in [7, 11) is 1.93. The molecular formula is C6H17N2O+. The number of hydrogen-bond acceptors (Lipinski definition) is 2. The summed E-state index contributed by atoms with van der Waals surface area (Å²) in [5.74, 6) is 0. The van der Waals surface area contributed by atoms with E-state index in [1.807, 2.05) is 12.1 Å². The van der Waals surface area contributed by atoms with Gasteiger partial charge in [0, 0.05) is 7.05 Å². The zero-order valence-corrected chi connectivity index (χ0v) is 6.39. The lowest BCUT2D eigenvalue weighted by Crippen LogP contribution is -2.54. The average molecular weight is 133 g/mol. The second kappa shape index (κ2) is 6.01. The molecule has 0 amide bonds. The van der Waals surface area contributed by atoms with Crippen molar-refractivity contribution in [1.29, 1.82) is 0 Å². The minimum absolute atomic E-state index is 0.816. The van der Waals surface area contributed by atoms with Gasteiger partial charge in [-0.3, -0.25) is 4.84 Å². The van der Waals surface area contributed by atoms with Gasteiger partial charge in [0.2, 0.25) is 0 Å². The standard InChI is InChI=1S/C6H16N2O/c1-3-6-9-8(2)5-4-7/h3-7H2,1-2H3/p+1. The maximum atomic E-state index is 5.22. The van der Waals surface area contributed by atoms with Crippen LogP contribution in [0, 0.1) is 0 Å². The highest BCUT2D eigenvalue weighted by molar-refractivity contribution is 4.30. The van der Waals surface area contributed by atoms with Crippen LogP contribution in [0.25, 0.3) is 0 Å². The van der Waals surface area contributed by atoms with E-state index in [0.717, 1.165) is 26.1 Å². The molecule has 0 heterocycles. The monoisotopic (exact) mass is 133 g/mol. The van der Waals surface area contributed by atoms with Crippen molar-refractivity contribution >= 4 is 0 Å². The first-order valence-corrected chi connectivity index (χ1v) is 3.44. The van der Waals surface area contributed by atoms with E-state index in [1.165, 1.54) is 0 Å². The number of hydroxylamine groups is 2. The second-order valence-electron chi connectivity index (χ2n) is 2.04. The second-order valence-corrected chi connectivity index (χ2v) is 2.04. The van der Waals surface area contributed by atoms with Crippen LogP contribution in [0.4, 0.5) is 0 Å². The number of rotatable bonds is 5. The number of likely N-dealkylation sites (N-methyl/N-ethyl adjacent to an activating group) is 1. The molecule has 9 heavy (non-hydrogen) atoms. The van der Waals surface area contributed by atoms with E-state index >= 15 is 0 Å². The summed E-state index contributed by atoms with van der Waals surface area (Å²) >= 11 is 0. The highest BCUT2D eigenvalue weighted by Gasteiger charge is 1.94. The molecule has 56 valence electrons. The molecule has 0 aliphatic carbocycles. The third kappa shape index (κ3) is 5.76. The molecular weight excluding hydrogens is 116 g/mol. The summed E-state index contributed by atoms with van der Waals surface area (Å²) < 4.78 is 0. The van der Waals surface area contributed by atoms with Crippen molar-refractivity contribution < 1.29 is 10.6 Å². The van der Waals surface area contributed by atoms with Gasteiger partial charge in [-0.25, -0.2) is 0 Å². The van der Waals surface area contributed by atoms with E-state index in [-0.39, 0.29) is 0 Å². The van der Waals surface area contributed by atoms with E-state index in [9.17, 15) is 0 Å². The topological polar surface area (TPSA) is 40.1 Å². The van der Waals surface area contributed by atoms with Crippen LogP contribution in [0.2, 0.25) is 0 Å². The Morgan fingerprint density at radius 2 is 2.22 bits per heavy atom. The van der Waals surface area contributed by atoms with E-state index in [1.54, 1.807) is 0 Å². The van der Waals surface area contributed by atoms with Gasteiger partial charge in [-0.1, -0.05) is 6.92 Å². The predicted octanol–water partition coefficient (Wildman–Crippen LogP) is -0.498. The van der Waals surface area contributed by atoms with Gasteiger partial charge in [0.25, 0.3) is 0 Å². The van der Waals surface area contributed by atoms with Gasteiger partial charge in [-0.2, -0.15) is 5.06 Å². The number of hydrogen-bond donors (Lipinski definition) is 1. The van der Waals surface area contributed by atoms with E-state index in [2.05, 4.69) is 12.7 Å². The van der Waals surface area contributed by atoms with Crippen LogP contribution in [0.3, 0.4) is 0 Å². The molecule has 0 aliphatic heterocycles. The molecule has 0 aromatic heterocycles. The Morgan fingerprint density at radius 1 is 1.56 bits per heavy atom. The van der Waals surface area contributed by atoms with Crippen molar-refractivity contribution in [1.82, 2.24) is 5.06 Å². The molecule has 0 saturated heterocycles. The van der Waals surface area contributed by atoms with Crippen LogP contribution in [0.15, 0.2) is 0 Å². The first kappa shape index (κ1) is 8.88. The Hall–Kier alpha value is -0.120. The Kier molecular flexibility index (Phi) is 5.93. The fourth-order valence-electron chi connectivity index (χ4n) is 0.534. The quantitative estimate of drug-likeness (QED) is 0.514. The molecule has 0 atom stereocenters. The summed E-state index contributed by atoms with van der Waals surface area (Å²) in [6, 6.07) is 0. The van der Waals surface area contributed by atoms with Crippen LogP contribution in [0.1, 0.15) is 13.3 Å². The maximum Gasteiger partial charge on any atom is 0.0892 e. The Bertz CT molecular complexity index is 59.0. The maximum absolute atomic E-state index is 5.22. The summed E-state index contributed by atoms with van der Waals surface area (Å²) in [5.41, 5.74) is 3.71. The first-order chi connectivity index (χ1) is 4.31. The van der Waals surface area contributed by atoms with Gasteiger partial charge in [0.05, 0.1) is 19.7 Å². The molecule has 3 nitrogen and oxygen atoms in total. The van der Waals surface area contributed by atoms with Gasteiger partial charge in [0.1, 0.15) is 0 Å². The van der Waals surface area contributed by atoms with Crippen molar-refractivity contribution in [2.24, 2.45) is 0 Å². The minimum atomic E-state index is 0.816. The zero-order valence-electron chi connectivity index (χ0n) is 6.39. The molecule has 0 aromatic carbocycles. The van der Waals surface area contributed by atoms with Crippen LogP contribution in [0.5, 0.6) is 0 Å². The van der Waals surface area contributed by atoms with Crippen LogP contribution in [-0.4, -0.2) is 31.8 Å². The number of nitrogens with zero attached hydrogens (tertiary/aromatic N) is 1. The van der Waals surface area contributed by atoms with E-state index in [4.69, 9.17) is 4.84 Å². The normalized spacial score (nSPS) is 10.7. The highest BCUT2D eigenvalue weighted by atomic mass is 16.7. The zero-order chi connectivity index (χ0) is 7.11. The van der Waals surface area contributed by atoms with Crippen LogP contribution >= 0.6 is 0 Å². The van der Waals surface area contributed by atoms with Gasteiger partial charge in [0.15, 0.2) is 0 Å². The fourth-order valence-corrected chi connectivity index (χ4v) is 0.534. The van der Waals surface area contributed by atoms with Crippen molar-refractivity contribution in [2.45, 2.75) is 13.3 Å². The van der Waals surface area contributed by atoms with Crippen molar-refractivity contribution in [3.8, 4) is 0 Å². The molecule has 3 heteroatoms. The third-order valence-corrected chi connectivity index (χ3v) is 0.989. The predicted molar refractivity (Wildman–Crippen MR) is 36.6 cm³/mol. The molecule has 0 aliphatic rings. The lowest BCUT2D eigenvalue weighted by atomic mass is 10.5. The van der Waals surface area contributed by atoms with Crippen molar-refractivity contribution in [3.05, 3.63) is 0 Å². The molecule has 0 unspecified atom stereocenters. The summed E-state index contributed by atoms with van der Waals surface area (Å²) in [6.07, 6.45) is 1.07. The minimum Gasteiger partial charge on any atom is -0.356 e. The Balaban J connectivity index is 2.95. The Morgan fingerprint density at radius 3 is 2.67 bits per heavy atom. The average Bonchev–Trinajstić information content (AvgIpc) is 1.85. The molecule has 0 aromatic rings. The summed E-state index contributed by atoms with van der Waals surface area (Å²) in [5, 5.41) is 1.83. The lowest BCUT2D eigenvalue weighted by Gasteiger charge is -2.12. The number of quaternary nitrogens is 1. The molecule has 0 radical (unpaired) electrons. The molecule has 0 bridgehead atoms. The van der Waals surface area contributed by atoms with E-state index in [0.29, 0.717) is 0 Å². The summed E-state index contributed by atoms with van der Waals surface area (Å²) in [4.78, 5) is 5.22. The molecule has 0 spiro atoms. The molecule has 0 rings (SSSR count). The van der Waals surface area contributed by atoms with E-state index < -0.39 is 0 Å². The van der Waals surface area contributed by atoms with Gasteiger partial charge in [-0.15, -0.1) is 0 Å². The smallest absolute Gasteiger partial charge is 0.0892 e. The first-order valence-electron chi connectivity index (χ1n) is 3.44.